The van der Waals surface area contributed by atoms with E-state index in [2.05, 4.69) is 17.6 Å². The molecule has 88 valence electrons. The zero-order valence-corrected chi connectivity index (χ0v) is 10.7. The van der Waals surface area contributed by atoms with Gasteiger partial charge in [0.1, 0.15) is 0 Å². The van der Waals surface area contributed by atoms with Crippen LogP contribution in [-0.2, 0) is 4.79 Å². The van der Waals surface area contributed by atoms with Gasteiger partial charge in [-0.3, -0.25) is 10.1 Å². The normalized spacial score (nSPS) is 26.9. The minimum atomic E-state index is 0. The maximum atomic E-state index is 11.6. The van der Waals surface area contributed by atoms with Gasteiger partial charge in [0.15, 0.2) is 0 Å². The largest absolute Gasteiger partial charge is 0.354 e. The topological polar surface area (TPSA) is 41.1 Å². The molecule has 1 saturated heterocycles. The molecular formula is C10H19ClN2OS. The van der Waals surface area contributed by atoms with Crippen LogP contribution in [0, 0.1) is 5.41 Å². The van der Waals surface area contributed by atoms with Crippen LogP contribution in [0.3, 0.4) is 0 Å². The number of carbonyl (C=O) groups excluding carboxylic acids is 1. The second kappa shape index (κ2) is 5.41. The Labute approximate surface area is 102 Å². The molecule has 1 aliphatic carbocycles. The van der Waals surface area contributed by atoms with Crippen molar-refractivity contribution in [1.82, 2.24) is 10.6 Å². The lowest BCUT2D eigenvalue weighted by Crippen LogP contribution is -2.43. The summed E-state index contributed by atoms with van der Waals surface area (Å²) >= 11 is 1.79. The number of nitrogens with one attached hydrogen (secondary N) is 2. The average molecular weight is 251 g/mol. The first-order valence-corrected chi connectivity index (χ1v) is 6.50. The first-order valence-electron chi connectivity index (χ1n) is 5.35. The Hall–Kier alpha value is 0.0700. The summed E-state index contributed by atoms with van der Waals surface area (Å²) in [5, 5.41) is 6.25. The van der Waals surface area contributed by atoms with Crippen LogP contribution in [0.2, 0.25) is 0 Å². The molecule has 2 N–H and O–H groups in total. The van der Waals surface area contributed by atoms with Crippen molar-refractivity contribution >= 4 is 30.1 Å². The molecule has 1 amide bonds. The summed E-state index contributed by atoms with van der Waals surface area (Å²) in [4.78, 5) is 11.6. The smallest absolute Gasteiger partial charge is 0.238 e. The molecular weight excluding hydrogens is 232 g/mol. The van der Waals surface area contributed by atoms with E-state index in [1.807, 2.05) is 0 Å². The molecule has 0 aromatic carbocycles. The molecule has 1 saturated carbocycles. The van der Waals surface area contributed by atoms with Gasteiger partial charge in [-0.15, -0.1) is 24.2 Å². The van der Waals surface area contributed by atoms with Crippen molar-refractivity contribution in [2.24, 2.45) is 5.41 Å². The molecule has 1 heterocycles. The Morgan fingerprint density at radius 2 is 2.33 bits per heavy atom. The SMILES string of the molecule is CCC1(CNC(=O)[C@H]2CSCN2)CC1.Cl. The lowest BCUT2D eigenvalue weighted by molar-refractivity contribution is -0.122. The molecule has 0 unspecified atom stereocenters. The van der Waals surface area contributed by atoms with E-state index in [0.29, 0.717) is 5.41 Å². The van der Waals surface area contributed by atoms with Crippen molar-refractivity contribution in [2.75, 3.05) is 18.2 Å². The average Bonchev–Trinajstić information content (AvgIpc) is 2.78. The fourth-order valence-corrected chi connectivity index (χ4v) is 2.74. The Balaban J connectivity index is 0.00000112. The first-order chi connectivity index (χ1) is 6.76. The van der Waals surface area contributed by atoms with E-state index >= 15 is 0 Å². The zero-order chi connectivity index (χ0) is 10.0. The molecule has 0 aromatic heterocycles. The van der Waals surface area contributed by atoms with E-state index in [1.165, 1.54) is 19.3 Å². The van der Waals surface area contributed by atoms with Gasteiger partial charge in [0, 0.05) is 18.2 Å². The predicted octanol–water partition coefficient (Wildman–Crippen LogP) is 1.38. The fraction of sp³-hybridized carbons (Fsp3) is 0.900. The third-order valence-electron chi connectivity index (χ3n) is 3.38. The van der Waals surface area contributed by atoms with Gasteiger partial charge in [-0.2, -0.15) is 0 Å². The highest BCUT2D eigenvalue weighted by Gasteiger charge is 2.41. The maximum Gasteiger partial charge on any atom is 0.238 e. The van der Waals surface area contributed by atoms with Crippen LogP contribution in [-0.4, -0.2) is 30.1 Å². The van der Waals surface area contributed by atoms with Gasteiger partial charge >= 0.3 is 0 Å². The van der Waals surface area contributed by atoms with Crippen LogP contribution < -0.4 is 10.6 Å². The molecule has 1 atom stereocenters. The van der Waals surface area contributed by atoms with Gasteiger partial charge in [0.05, 0.1) is 6.04 Å². The monoisotopic (exact) mass is 250 g/mol. The standard InChI is InChI=1S/C10H18N2OS.ClH/c1-2-10(3-4-10)6-11-9(13)8-5-14-7-12-8;/h8,12H,2-7H2,1H3,(H,11,13);1H/t8-;/m1./s1. The number of rotatable bonds is 4. The predicted molar refractivity (Wildman–Crippen MR) is 66.5 cm³/mol. The third kappa shape index (κ3) is 3.26. The van der Waals surface area contributed by atoms with Crippen molar-refractivity contribution in [3.8, 4) is 0 Å². The van der Waals surface area contributed by atoms with E-state index in [1.54, 1.807) is 11.8 Å². The molecule has 0 radical (unpaired) electrons. The van der Waals surface area contributed by atoms with Gasteiger partial charge in [0.2, 0.25) is 5.91 Å². The Bertz CT molecular complexity index is 227. The molecule has 3 nitrogen and oxygen atoms in total. The first kappa shape index (κ1) is 13.1. The van der Waals surface area contributed by atoms with Crippen molar-refractivity contribution in [1.29, 1.82) is 0 Å². The third-order valence-corrected chi connectivity index (χ3v) is 4.32. The molecule has 0 bridgehead atoms. The molecule has 2 rings (SSSR count). The minimum absolute atomic E-state index is 0. The van der Waals surface area contributed by atoms with Crippen LogP contribution in [0.5, 0.6) is 0 Å². The van der Waals surface area contributed by atoms with Gasteiger partial charge in [-0.1, -0.05) is 6.92 Å². The van der Waals surface area contributed by atoms with Crippen molar-refractivity contribution < 1.29 is 4.79 Å². The summed E-state index contributed by atoms with van der Waals surface area (Å²) in [6.07, 6.45) is 3.77. The molecule has 0 aromatic rings. The maximum absolute atomic E-state index is 11.6. The van der Waals surface area contributed by atoms with E-state index in [0.717, 1.165) is 18.2 Å². The molecule has 2 aliphatic rings. The van der Waals surface area contributed by atoms with Crippen LogP contribution in [0.15, 0.2) is 0 Å². The summed E-state index contributed by atoms with van der Waals surface area (Å²) in [5.41, 5.74) is 0.460. The quantitative estimate of drug-likeness (QED) is 0.792. The summed E-state index contributed by atoms with van der Waals surface area (Å²) in [6, 6.07) is 0.0488. The van der Waals surface area contributed by atoms with Gasteiger partial charge in [0.25, 0.3) is 0 Å². The summed E-state index contributed by atoms with van der Waals surface area (Å²) in [5.74, 6) is 2.02. The fourth-order valence-electron chi connectivity index (χ4n) is 1.79. The molecule has 5 heteroatoms. The second-order valence-corrected chi connectivity index (χ2v) is 5.37. The minimum Gasteiger partial charge on any atom is -0.354 e. The number of carbonyl (C=O) groups is 1. The number of halogens is 1. The number of amides is 1. The highest BCUT2D eigenvalue weighted by Crippen LogP contribution is 2.47. The molecule has 0 spiro atoms. The van der Waals surface area contributed by atoms with Crippen LogP contribution in [0.4, 0.5) is 0 Å². The van der Waals surface area contributed by atoms with Crippen LogP contribution in [0.25, 0.3) is 0 Å². The van der Waals surface area contributed by atoms with Gasteiger partial charge < -0.3 is 5.32 Å². The zero-order valence-electron chi connectivity index (χ0n) is 9.04. The van der Waals surface area contributed by atoms with E-state index in [4.69, 9.17) is 0 Å². The second-order valence-electron chi connectivity index (χ2n) is 4.34. The van der Waals surface area contributed by atoms with E-state index < -0.39 is 0 Å². The number of thioether (sulfide) groups is 1. The molecule has 1 aliphatic heterocycles. The highest BCUT2D eigenvalue weighted by molar-refractivity contribution is 7.99. The Kier molecular flexibility index (Phi) is 4.74. The summed E-state index contributed by atoms with van der Waals surface area (Å²) < 4.78 is 0. The lowest BCUT2D eigenvalue weighted by Gasteiger charge is -2.15. The van der Waals surface area contributed by atoms with Crippen molar-refractivity contribution in [2.45, 2.75) is 32.2 Å². The Morgan fingerprint density at radius 1 is 1.60 bits per heavy atom. The van der Waals surface area contributed by atoms with Crippen LogP contribution in [0.1, 0.15) is 26.2 Å². The molecule has 15 heavy (non-hydrogen) atoms. The van der Waals surface area contributed by atoms with Gasteiger partial charge in [-0.25, -0.2) is 0 Å². The van der Waals surface area contributed by atoms with Crippen molar-refractivity contribution in [3.05, 3.63) is 0 Å². The lowest BCUT2D eigenvalue weighted by atomic mass is 10.0. The van der Waals surface area contributed by atoms with Crippen molar-refractivity contribution in [3.63, 3.8) is 0 Å². The Morgan fingerprint density at radius 3 is 2.80 bits per heavy atom. The van der Waals surface area contributed by atoms with E-state index in [9.17, 15) is 4.79 Å². The number of hydrogen-bond donors (Lipinski definition) is 2. The highest BCUT2D eigenvalue weighted by atomic mass is 35.5. The summed E-state index contributed by atoms with van der Waals surface area (Å²) in [7, 11) is 0. The van der Waals surface area contributed by atoms with E-state index in [-0.39, 0.29) is 24.4 Å². The number of hydrogen-bond acceptors (Lipinski definition) is 3. The molecule has 2 fully saturated rings. The van der Waals surface area contributed by atoms with Crippen LogP contribution >= 0.6 is 24.2 Å². The summed E-state index contributed by atoms with van der Waals surface area (Å²) in [6.45, 7) is 3.09. The van der Waals surface area contributed by atoms with Gasteiger partial charge in [-0.05, 0) is 24.7 Å².